The summed E-state index contributed by atoms with van der Waals surface area (Å²) in [5, 5.41) is 2.82. The fraction of sp³-hybridized carbons (Fsp3) is 0.167. The van der Waals surface area contributed by atoms with Gasteiger partial charge in [0.2, 0.25) is 6.79 Å². The van der Waals surface area contributed by atoms with Crippen molar-refractivity contribution in [3.8, 4) is 0 Å². The Hall–Kier alpha value is -4.00. The number of carbonyl (C=O) groups excluding carboxylic acids is 4. The Kier molecular flexibility index (Phi) is 5.49. The summed E-state index contributed by atoms with van der Waals surface area (Å²) in [5.41, 5.74) is 4.30. The highest BCUT2D eigenvalue weighted by Crippen LogP contribution is 2.42. The molecule has 2 aromatic carbocycles. The molecule has 156 valence electrons. The molecular weight excluding hydrogens is 398 g/mol. The minimum Gasteiger partial charge on any atom is -0.428 e. The van der Waals surface area contributed by atoms with Gasteiger partial charge < -0.3 is 14.8 Å². The molecule has 0 unspecified atom stereocenters. The molecule has 7 nitrogen and oxygen atoms in total. The van der Waals surface area contributed by atoms with Crippen molar-refractivity contribution in [1.82, 2.24) is 5.32 Å². The summed E-state index contributed by atoms with van der Waals surface area (Å²) in [6.45, 7) is 0.804. The third-order valence-electron chi connectivity index (χ3n) is 5.08. The van der Waals surface area contributed by atoms with E-state index in [2.05, 4.69) is 10.1 Å². The molecular formula is C24H19NO6. The van der Waals surface area contributed by atoms with Crippen LogP contribution in [0.25, 0.3) is 11.3 Å². The predicted octanol–water partition coefficient (Wildman–Crippen LogP) is 2.56. The topological polar surface area (TPSA) is 98.8 Å². The number of benzene rings is 2. The van der Waals surface area contributed by atoms with Gasteiger partial charge >= 0.3 is 11.9 Å². The largest absolute Gasteiger partial charge is 0.428 e. The van der Waals surface area contributed by atoms with E-state index in [-0.39, 0.29) is 24.5 Å². The zero-order valence-electron chi connectivity index (χ0n) is 16.8. The number of allylic oxidation sites excluding steroid dienone is 1. The van der Waals surface area contributed by atoms with E-state index in [1.807, 2.05) is 30.3 Å². The lowest BCUT2D eigenvalue weighted by molar-refractivity contribution is -0.165. The number of hydrogen-bond donors (Lipinski definition) is 1. The SMILES string of the molecule is CC(=O)OCOC(=O)Cc1ccc(C2=C3C(=O)CC(c4ccccc4)=C3C(=O)N2)cc1. The van der Waals surface area contributed by atoms with Gasteiger partial charge in [-0.2, -0.15) is 0 Å². The highest BCUT2D eigenvalue weighted by molar-refractivity contribution is 6.31. The molecule has 0 atom stereocenters. The Bertz CT molecular complexity index is 1140. The molecule has 4 rings (SSSR count). The summed E-state index contributed by atoms with van der Waals surface area (Å²) in [5.74, 6) is -1.45. The van der Waals surface area contributed by atoms with Crippen LogP contribution in [0.1, 0.15) is 30.0 Å². The van der Waals surface area contributed by atoms with E-state index in [1.54, 1.807) is 24.3 Å². The summed E-state index contributed by atoms with van der Waals surface area (Å²) in [6.07, 6.45) is 0.194. The van der Waals surface area contributed by atoms with Gasteiger partial charge in [-0.3, -0.25) is 19.2 Å². The summed E-state index contributed by atoms with van der Waals surface area (Å²) in [7, 11) is 0. The van der Waals surface area contributed by atoms with E-state index >= 15 is 0 Å². The summed E-state index contributed by atoms with van der Waals surface area (Å²) < 4.78 is 9.40. The average molecular weight is 417 g/mol. The minimum absolute atomic E-state index is 0.00203. The second-order valence-corrected chi connectivity index (χ2v) is 7.17. The molecule has 0 radical (unpaired) electrons. The zero-order valence-corrected chi connectivity index (χ0v) is 16.8. The third kappa shape index (κ3) is 4.16. The van der Waals surface area contributed by atoms with Gasteiger partial charge in [0.15, 0.2) is 5.78 Å². The maximum atomic E-state index is 12.7. The van der Waals surface area contributed by atoms with Crippen LogP contribution in [-0.2, 0) is 35.1 Å². The molecule has 31 heavy (non-hydrogen) atoms. The number of Topliss-reactive ketones (excluding diaryl/α,β-unsaturated/α-hetero) is 1. The van der Waals surface area contributed by atoms with Crippen LogP contribution in [0.4, 0.5) is 0 Å². The number of esters is 2. The Morgan fingerprint density at radius 2 is 1.61 bits per heavy atom. The van der Waals surface area contributed by atoms with Gasteiger partial charge in [-0.05, 0) is 22.3 Å². The molecule has 0 saturated carbocycles. The van der Waals surface area contributed by atoms with E-state index in [0.717, 1.165) is 11.1 Å². The van der Waals surface area contributed by atoms with Crippen LogP contribution in [0.3, 0.4) is 0 Å². The number of amides is 1. The number of ether oxygens (including phenoxy) is 2. The van der Waals surface area contributed by atoms with E-state index in [0.29, 0.717) is 28.0 Å². The molecule has 0 aromatic heterocycles. The van der Waals surface area contributed by atoms with Crippen molar-refractivity contribution in [1.29, 1.82) is 0 Å². The molecule has 1 N–H and O–H groups in total. The van der Waals surface area contributed by atoms with Gasteiger partial charge in [0, 0.05) is 13.3 Å². The molecule has 0 fully saturated rings. The van der Waals surface area contributed by atoms with Crippen LogP contribution in [0.15, 0.2) is 65.7 Å². The molecule has 0 saturated heterocycles. The van der Waals surface area contributed by atoms with Crippen molar-refractivity contribution in [2.24, 2.45) is 0 Å². The van der Waals surface area contributed by atoms with Gasteiger partial charge in [0.05, 0.1) is 23.3 Å². The lowest BCUT2D eigenvalue weighted by Gasteiger charge is -2.08. The summed E-state index contributed by atoms with van der Waals surface area (Å²) >= 11 is 0. The van der Waals surface area contributed by atoms with Crippen molar-refractivity contribution < 1.29 is 28.7 Å². The average Bonchev–Trinajstić information content (AvgIpc) is 3.27. The van der Waals surface area contributed by atoms with Crippen LogP contribution in [0.2, 0.25) is 0 Å². The smallest absolute Gasteiger partial charge is 0.313 e. The Morgan fingerprint density at radius 3 is 2.29 bits per heavy atom. The second kappa shape index (κ2) is 8.39. The third-order valence-corrected chi connectivity index (χ3v) is 5.08. The minimum atomic E-state index is -0.533. The molecule has 2 aromatic rings. The molecule has 1 heterocycles. The fourth-order valence-corrected chi connectivity index (χ4v) is 3.67. The van der Waals surface area contributed by atoms with E-state index < -0.39 is 18.7 Å². The zero-order chi connectivity index (χ0) is 22.0. The fourth-order valence-electron chi connectivity index (χ4n) is 3.67. The lowest BCUT2D eigenvalue weighted by atomic mass is 10.0. The van der Waals surface area contributed by atoms with Gasteiger partial charge in [0.25, 0.3) is 5.91 Å². The Balaban J connectivity index is 1.55. The quantitative estimate of drug-likeness (QED) is 0.573. The van der Waals surface area contributed by atoms with Crippen LogP contribution in [0, 0.1) is 0 Å². The molecule has 2 aliphatic rings. The standard InChI is InChI=1S/C24H19NO6/c1-14(26)30-13-31-20(28)11-15-7-9-17(10-8-15)23-22-19(27)12-18(21(22)24(29)25-23)16-5-3-2-4-6-16/h2-10H,11-13H2,1H3,(H,25,29). The van der Waals surface area contributed by atoms with Gasteiger partial charge in [-0.1, -0.05) is 54.6 Å². The van der Waals surface area contributed by atoms with Crippen LogP contribution < -0.4 is 5.32 Å². The monoisotopic (exact) mass is 417 g/mol. The number of hydrogen-bond acceptors (Lipinski definition) is 6. The first-order chi connectivity index (χ1) is 14.9. The molecule has 0 spiro atoms. The highest BCUT2D eigenvalue weighted by atomic mass is 16.7. The van der Waals surface area contributed by atoms with Gasteiger partial charge in [0.1, 0.15) is 0 Å². The molecule has 7 heteroatoms. The predicted molar refractivity (Wildman–Crippen MR) is 111 cm³/mol. The normalized spacial score (nSPS) is 15.1. The Morgan fingerprint density at radius 1 is 0.903 bits per heavy atom. The first-order valence-corrected chi connectivity index (χ1v) is 9.70. The second-order valence-electron chi connectivity index (χ2n) is 7.17. The van der Waals surface area contributed by atoms with E-state index in [4.69, 9.17) is 4.74 Å². The lowest BCUT2D eigenvalue weighted by Crippen LogP contribution is -2.16. The summed E-state index contributed by atoms with van der Waals surface area (Å²) in [4.78, 5) is 47.9. The number of fused-ring (bicyclic) bond motifs is 1. The van der Waals surface area contributed by atoms with Crippen LogP contribution >= 0.6 is 0 Å². The summed E-state index contributed by atoms with van der Waals surface area (Å²) in [6, 6.07) is 16.3. The molecule has 1 amide bonds. The number of nitrogens with one attached hydrogen (secondary N) is 1. The van der Waals surface area contributed by atoms with Gasteiger partial charge in [-0.25, -0.2) is 0 Å². The Labute approximate surface area is 178 Å². The van der Waals surface area contributed by atoms with E-state index in [1.165, 1.54) is 6.92 Å². The first kappa shape index (κ1) is 20.3. The maximum Gasteiger partial charge on any atom is 0.313 e. The number of ketones is 1. The first-order valence-electron chi connectivity index (χ1n) is 9.70. The molecule has 0 bridgehead atoms. The highest BCUT2D eigenvalue weighted by Gasteiger charge is 2.40. The van der Waals surface area contributed by atoms with Gasteiger partial charge in [-0.15, -0.1) is 0 Å². The van der Waals surface area contributed by atoms with Crippen molar-refractivity contribution >= 4 is 34.9 Å². The van der Waals surface area contributed by atoms with E-state index in [9.17, 15) is 19.2 Å². The van der Waals surface area contributed by atoms with Crippen molar-refractivity contribution in [2.45, 2.75) is 19.8 Å². The van der Waals surface area contributed by atoms with Crippen LogP contribution in [0.5, 0.6) is 0 Å². The van der Waals surface area contributed by atoms with Crippen molar-refractivity contribution in [3.63, 3.8) is 0 Å². The number of rotatable bonds is 6. The van der Waals surface area contributed by atoms with Crippen LogP contribution in [-0.4, -0.2) is 30.4 Å². The maximum absolute atomic E-state index is 12.7. The molecule has 1 aliphatic heterocycles. The van der Waals surface area contributed by atoms with Crippen molar-refractivity contribution in [2.75, 3.05) is 6.79 Å². The van der Waals surface area contributed by atoms with Crippen molar-refractivity contribution in [3.05, 3.63) is 82.4 Å². The molecule has 1 aliphatic carbocycles. The number of carbonyl (C=O) groups is 4.